The molecule has 0 aromatic carbocycles. The second-order valence-electron chi connectivity index (χ2n) is 2.93. The summed E-state index contributed by atoms with van der Waals surface area (Å²) in [5.74, 6) is 1.33. The van der Waals surface area contributed by atoms with Crippen molar-refractivity contribution in [3.8, 4) is 0 Å². The van der Waals surface area contributed by atoms with Gasteiger partial charge in [0.2, 0.25) is 0 Å². The summed E-state index contributed by atoms with van der Waals surface area (Å²) in [6, 6.07) is 0.897. The first kappa shape index (κ1) is 8.41. The average molecular weight is 159 g/mol. The Kier molecular flexibility index (Phi) is 4.23. The minimum atomic E-state index is 0.897. The molecule has 0 amide bonds. The Labute approximate surface area is 68.0 Å². The van der Waals surface area contributed by atoms with Crippen LogP contribution in [0.4, 0.5) is 0 Å². The molecule has 1 fully saturated rings. The molecule has 2 heteroatoms. The Balaban J connectivity index is 1.68. The fourth-order valence-corrected chi connectivity index (χ4v) is 1.46. The number of rotatable bonds is 6. The predicted molar refractivity (Wildman–Crippen MR) is 48.6 cm³/mol. The van der Waals surface area contributed by atoms with E-state index in [-0.39, 0.29) is 0 Å². The Morgan fingerprint density at radius 3 is 2.80 bits per heavy atom. The van der Waals surface area contributed by atoms with Crippen LogP contribution in [0.1, 0.15) is 25.7 Å². The Bertz CT molecular complexity index is 81.3. The minimum Gasteiger partial charge on any atom is -0.314 e. The van der Waals surface area contributed by atoms with E-state index in [0.717, 1.165) is 6.04 Å². The van der Waals surface area contributed by atoms with Gasteiger partial charge in [0.15, 0.2) is 0 Å². The summed E-state index contributed by atoms with van der Waals surface area (Å²) in [6.07, 6.45) is 7.75. The molecule has 0 aromatic heterocycles. The first-order valence-electron chi connectivity index (χ1n) is 4.16. The van der Waals surface area contributed by atoms with Crippen molar-refractivity contribution in [2.45, 2.75) is 31.7 Å². The molecule has 0 radical (unpaired) electrons. The summed E-state index contributed by atoms with van der Waals surface area (Å²) in [4.78, 5) is 0. The van der Waals surface area contributed by atoms with Crippen molar-refractivity contribution in [2.75, 3.05) is 18.6 Å². The van der Waals surface area contributed by atoms with Crippen LogP contribution in [0.2, 0.25) is 0 Å². The maximum Gasteiger partial charge on any atom is 0.00682 e. The molecule has 1 saturated carbocycles. The molecule has 10 heavy (non-hydrogen) atoms. The third-order valence-corrected chi connectivity index (χ3v) is 2.48. The van der Waals surface area contributed by atoms with Gasteiger partial charge in [-0.05, 0) is 44.2 Å². The summed E-state index contributed by atoms with van der Waals surface area (Å²) in [5.41, 5.74) is 0. The van der Waals surface area contributed by atoms with Gasteiger partial charge in [0.05, 0.1) is 0 Å². The molecule has 60 valence electrons. The van der Waals surface area contributed by atoms with Crippen molar-refractivity contribution in [3.05, 3.63) is 0 Å². The first-order valence-corrected chi connectivity index (χ1v) is 5.55. The topological polar surface area (TPSA) is 12.0 Å². The van der Waals surface area contributed by atoms with Gasteiger partial charge >= 0.3 is 0 Å². The minimum absolute atomic E-state index is 0.897. The summed E-state index contributed by atoms with van der Waals surface area (Å²) >= 11 is 1.95. The molecule has 0 heterocycles. The van der Waals surface area contributed by atoms with Crippen LogP contribution in [-0.2, 0) is 0 Å². The molecule has 1 N–H and O–H groups in total. The van der Waals surface area contributed by atoms with Gasteiger partial charge in [0.25, 0.3) is 0 Å². The highest BCUT2D eigenvalue weighted by atomic mass is 32.2. The second kappa shape index (κ2) is 5.03. The average Bonchev–Trinajstić information content (AvgIpc) is 2.71. The van der Waals surface area contributed by atoms with Crippen molar-refractivity contribution >= 4 is 11.8 Å². The van der Waals surface area contributed by atoms with Gasteiger partial charge in [-0.2, -0.15) is 11.8 Å². The van der Waals surface area contributed by atoms with Gasteiger partial charge in [-0.1, -0.05) is 0 Å². The van der Waals surface area contributed by atoms with Crippen LogP contribution in [-0.4, -0.2) is 24.6 Å². The summed E-state index contributed by atoms with van der Waals surface area (Å²) in [7, 11) is 0. The van der Waals surface area contributed by atoms with Crippen LogP contribution in [0.5, 0.6) is 0 Å². The maximum atomic E-state index is 3.51. The lowest BCUT2D eigenvalue weighted by molar-refractivity contribution is 0.640. The molecule has 1 aliphatic carbocycles. The molecule has 1 rings (SSSR count). The number of thioether (sulfide) groups is 1. The number of hydrogen-bond acceptors (Lipinski definition) is 2. The monoisotopic (exact) mass is 159 g/mol. The van der Waals surface area contributed by atoms with Crippen molar-refractivity contribution in [3.63, 3.8) is 0 Å². The Hall–Kier alpha value is 0.310. The number of hydrogen-bond donors (Lipinski definition) is 1. The molecule has 0 bridgehead atoms. The lowest BCUT2D eigenvalue weighted by Crippen LogP contribution is -2.17. The van der Waals surface area contributed by atoms with Gasteiger partial charge in [-0.15, -0.1) is 0 Å². The summed E-state index contributed by atoms with van der Waals surface area (Å²) < 4.78 is 0. The van der Waals surface area contributed by atoms with E-state index in [9.17, 15) is 0 Å². The van der Waals surface area contributed by atoms with E-state index in [1.807, 2.05) is 11.8 Å². The van der Waals surface area contributed by atoms with Crippen LogP contribution in [0.25, 0.3) is 0 Å². The largest absolute Gasteiger partial charge is 0.314 e. The van der Waals surface area contributed by atoms with E-state index >= 15 is 0 Å². The van der Waals surface area contributed by atoms with E-state index in [2.05, 4.69) is 11.6 Å². The highest BCUT2D eigenvalue weighted by Crippen LogP contribution is 2.18. The van der Waals surface area contributed by atoms with Crippen molar-refractivity contribution in [2.24, 2.45) is 0 Å². The number of nitrogens with one attached hydrogen (secondary N) is 1. The predicted octanol–water partition coefficient (Wildman–Crippen LogP) is 1.88. The normalized spacial score (nSPS) is 17.7. The smallest absolute Gasteiger partial charge is 0.00682 e. The third kappa shape index (κ3) is 4.18. The molecule has 0 spiro atoms. The highest BCUT2D eigenvalue weighted by molar-refractivity contribution is 7.98. The quantitative estimate of drug-likeness (QED) is 0.594. The molecule has 1 nitrogen and oxygen atoms in total. The standard InChI is InChI=1S/C8H17NS/c1-10-7-3-2-6-9-8-4-5-8/h8-9H,2-7H2,1H3. The zero-order valence-electron chi connectivity index (χ0n) is 6.73. The van der Waals surface area contributed by atoms with Crippen molar-refractivity contribution in [1.82, 2.24) is 5.32 Å². The first-order chi connectivity index (χ1) is 4.93. The highest BCUT2D eigenvalue weighted by Gasteiger charge is 2.19. The van der Waals surface area contributed by atoms with Crippen LogP contribution in [0, 0.1) is 0 Å². The van der Waals surface area contributed by atoms with Gasteiger partial charge < -0.3 is 5.32 Å². The zero-order chi connectivity index (χ0) is 7.23. The maximum absolute atomic E-state index is 3.51. The van der Waals surface area contributed by atoms with E-state index in [0.29, 0.717) is 0 Å². The van der Waals surface area contributed by atoms with Crippen LogP contribution >= 0.6 is 11.8 Å². The van der Waals surface area contributed by atoms with Crippen LogP contribution in [0.15, 0.2) is 0 Å². The van der Waals surface area contributed by atoms with Crippen molar-refractivity contribution < 1.29 is 0 Å². The third-order valence-electron chi connectivity index (χ3n) is 1.79. The fraction of sp³-hybridized carbons (Fsp3) is 1.00. The van der Waals surface area contributed by atoms with Gasteiger partial charge in [-0.3, -0.25) is 0 Å². The van der Waals surface area contributed by atoms with E-state index in [1.165, 1.54) is 38.0 Å². The summed E-state index contributed by atoms with van der Waals surface area (Å²) in [6.45, 7) is 1.24. The molecular formula is C8H17NS. The molecule has 0 saturated heterocycles. The van der Waals surface area contributed by atoms with Gasteiger partial charge in [0.1, 0.15) is 0 Å². The fourth-order valence-electron chi connectivity index (χ4n) is 0.965. The molecule has 0 aromatic rings. The Morgan fingerprint density at radius 1 is 1.40 bits per heavy atom. The summed E-state index contributed by atoms with van der Waals surface area (Å²) in [5, 5.41) is 3.51. The Morgan fingerprint density at radius 2 is 2.20 bits per heavy atom. The van der Waals surface area contributed by atoms with Crippen LogP contribution in [0.3, 0.4) is 0 Å². The lowest BCUT2D eigenvalue weighted by atomic mass is 10.3. The van der Waals surface area contributed by atoms with Gasteiger partial charge in [-0.25, -0.2) is 0 Å². The second-order valence-corrected chi connectivity index (χ2v) is 3.91. The van der Waals surface area contributed by atoms with E-state index in [1.54, 1.807) is 0 Å². The molecule has 1 aliphatic rings. The molecule has 0 aliphatic heterocycles. The molecular weight excluding hydrogens is 142 g/mol. The SMILES string of the molecule is CSCCCCNC1CC1. The number of unbranched alkanes of at least 4 members (excludes halogenated alkanes) is 1. The van der Waals surface area contributed by atoms with E-state index in [4.69, 9.17) is 0 Å². The molecule has 0 unspecified atom stereocenters. The lowest BCUT2D eigenvalue weighted by Gasteiger charge is -2.00. The van der Waals surface area contributed by atoms with E-state index < -0.39 is 0 Å². The van der Waals surface area contributed by atoms with Crippen molar-refractivity contribution in [1.29, 1.82) is 0 Å². The van der Waals surface area contributed by atoms with Crippen LogP contribution < -0.4 is 5.32 Å². The molecule has 0 atom stereocenters. The van der Waals surface area contributed by atoms with Gasteiger partial charge in [0, 0.05) is 6.04 Å². The zero-order valence-corrected chi connectivity index (χ0v) is 7.54.